The molecule has 0 spiro atoms. The van der Waals surface area contributed by atoms with Gasteiger partial charge < -0.3 is 23.6 Å². The van der Waals surface area contributed by atoms with Crippen LogP contribution in [0.1, 0.15) is 27.7 Å². The molecular formula is C24H21NO7S. The Bertz CT molecular complexity index is 1380. The second-order valence-electron chi connectivity index (χ2n) is 7.11. The van der Waals surface area contributed by atoms with Crippen molar-refractivity contribution in [3.05, 3.63) is 68.9 Å². The number of para-hydroxylation sites is 1. The van der Waals surface area contributed by atoms with Crippen molar-refractivity contribution in [2.75, 3.05) is 18.5 Å². The third kappa shape index (κ3) is 4.40. The molecule has 3 heterocycles. The molecule has 3 aromatic heterocycles. The molecule has 0 bridgehead atoms. The summed E-state index contributed by atoms with van der Waals surface area (Å²) >= 11 is 1.27. The van der Waals surface area contributed by atoms with Crippen LogP contribution in [0.25, 0.3) is 22.5 Å². The van der Waals surface area contributed by atoms with Crippen LogP contribution in [0.5, 0.6) is 5.75 Å². The van der Waals surface area contributed by atoms with E-state index in [0.29, 0.717) is 27.3 Å². The number of benzene rings is 1. The number of fused-ring (bicyclic) bond motifs is 1. The maximum Gasteiger partial charge on any atom is 0.341 e. The van der Waals surface area contributed by atoms with Crippen molar-refractivity contribution in [2.24, 2.45) is 0 Å². The summed E-state index contributed by atoms with van der Waals surface area (Å²) < 4.78 is 22.0. The Morgan fingerprint density at radius 2 is 1.91 bits per heavy atom. The molecule has 4 rings (SSSR count). The van der Waals surface area contributed by atoms with Crippen LogP contribution < -0.4 is 15.5 Å². The van der Waals surface area contributed by atoms with Gasteiger partial charge in [0.15, 0.2) is 12.4 Å². The fourth-order valence-corrected chi connectivity index (χ4v) is 4.36. The van der Waals surface area contributed by atoms with Gasteiger partial charge in [-0.1, -0.05) is 12.1 Å². The zero-order valence-electron chi connectivity index (χ0n) is 18.2. The van der Waals surface area contributed by atoms with E-state index < -0.39 is 23.9 Å². The summed E-state index contributed by atoms with van der Waals surface area (Å²) in [6.07, 6.45) is 1.44. The number of furan rings is 1. The number of amides is 1. The van der Waals surface area contributed by atoms with Gasteiger partial charge in [0.05, 0.1) is 23.8 Å². The molecule has 1 amide bonds. The average Bonchev–Trinajstić information content (AvgIpc) is 3.42. The van der Waals surface area contributed by atoms with Crippen LogP contribution in [-0.4, -0.2) is 25.1 Å². The lowest BCUT2D eigenvalue weighted by Crippen LogP contribution is -2.23. The Morgan fingerprint density at radius 1 is 1.12 bits per heavy atom. The lowest BCUT2D eigenvalue weighted by molar-refractivity contribution is -0.118. The highest BCUT2D eigenvalue weighted by Crippen LogP contribution is 2.34. The summed E-state index contributed by atoms with van der Waals surface area (Å²) in [7, 11) is 0. The summed E-state index contributed by atoms with van der Waals surface area (Å²) in [6.45, 7) is 5.10. The fourth-order valence-electron chi connectivity index (χ4n) is 3.29. The van der Waals surface area contributed by atoms with E-state index in [4.69, 9.17) is 18.3 Å². The molecule has 0 aliphatic heterocycles. The van der Waals surface area contributed by atoms with Gasteiger partial charge in [-0.25, -0.2) is 4.79 Å². The van der Waals surface area contributed by atoms with Crippen molar-refractivity contribution < 1.29 is 27.9 Å². The van der Waals surface area contributed by atoms with Crippen molar-refractivity contribution in [2.45, 2.75) is 20.8 Å². The largest absolute Gasteiger partial charge is 0.476 e. The molecule has 0 aliphatic rings. The molecule has 33 heavy (non-hydrogen) atoms. The molecule has 0 aliphatic carbocycles. The molecule has 1 N–H and O–H groups in total. The lowest BCUT2D eigenvalue weighted by Gasteiger charge is -2.11. The van der Waals surface area contributed by atoms with Crippen LogP contribution in [0.4, 0.5) is 5.00 Å². The zero-order valence-corrected chi connectivity index (χ0v) is 19.0. The first-order valence-electron chi connectivity index (χ1n) is 10.2. The molecule has 0 saturated heterocycles. The fraction of sp³-hybridized carbons (Fsp3) is 0.208. The average molecular weight is 467 g/mol. The van der Waals surface area contributed by atoms with E-state index in [1.807, 2.05) is 6.92 Å². The van der Waals surface area contributed by atoms with Crippen LogP contribution in [-0.2, 0) is 9.53 Å². The minimum Gasteiger partial charge on any atom is -0.476 e. The number of aryl methyl sites for hydroxylation is 1. The minimum atomic E-state index is -0.542. The third-order valence-corrected chi connectivity index (χ3v) is 6.09. The van der Waals surface area contributed by atoms with E-state index in [1.54, 1.807) is 50.2 Å². The molecular weight excluding hydrogens is 446 g/mol. The Morgan fingerprint density at radius 3 is 2.64 bits per heavy atom. The molecule has 0 radical (unpaired) electrons. The van der Waals surface area contributed by atoms with E-state index in [2.05, 4.69) is 5.32 Å². The van der Waals surface area contributed by atoms with Gasteiger partial charge in [0, 0.05) is 4.88 Å². The first-order chi connectivity index (χ1) is 15.9. The van der Waals surface area contributed by atoms with Gasteiger partial charge in [-0.3, -0.25) is 9.59 Å². The van der Waals surface area contributed by atoms with Crippen molar-refractivity contribution in [1.82, 2.24) is 0 Å². The third-order valence-electron chi connectivity index (χ3n) is 4.97. The van der Waals surface area contributed by atoms with Gasteiger partial charge in [0.1, 0.15) is 10.6 Å². The van der Waals surface area contributed by atoms with Crippen molar-refractivity contribution in [3.63, 3.8) is 0 Å². The van der Waals surface area contributed by atoms with Crippen molar-refractivity contribution >= 4 is 39.2 Å². The molecule has 9 heteroatoms. The van der Waals surface area contributed by atoms with Crippen molar-refractivity contribution in [3.8, 4) is 17.3 Å². The van der Waals surface area contributed by atoms with Crippen LogP contribution in [0.3, 0.4) is 0 Å². The number of anilines is 1. The van der Waals surface area contributed by atoms with Crippen LogP contribution in [0.2, 0.25) is 0 Å². The van der Waals surface area contributed by atoms with E-state index in [-0.39, 0.29) is 18.1 Å². The lowest BCUT2D eigenvalue weighted by atomic mass is 10.1. The molecule has 0 saturated carbocycles. The normalized spacial score (nSPS) is 10.9. The van der Waals surface area contributed by atoms with Gasteiger partial charge >= 0.3 is 5.97 Å². The van der Waals surface area contributed by atoms with Gasteiger partial charge in [-0.05, 0) is 50.6 Å². The number of carbonyl (C=O) groups is 2. The van der Waals surface area contributed by atoms with E-state index >= 15 is 0 Å². The Kier molecular flexibility index (Phi) is 6.32. The monoisotopic (exact) mass is 467 g/mol. The molecule has 170 valence electrons. The smallest absolute Gasteiger partial charge is 0.341 e. The second kappa shape index (κ2) is 9.33. The van der Waals surface area contributed by atoms with E-state index in [1.165, 1.54) is 17.6 Å². The number of thiophene rings is 1. The predicted octanol–water partition coefficient (Wildman–Crippen LogP) is 4.93. The van der Waals surface area contributed by atoms with Crippen LogP contribution >= 0.6 is 11.3 Å². The van der Waals surface area contributed by atoms with Gasteiger partial charge in [0.25, 0.3) is 5.91 Å². The van der Waals surface area contributed by atoms with E-state index in [0.717, 1.165) is 10.4 Å². The van der Waals surface area contributed by atoms with Crippen LogP contribution in [0.15, 0.2) is 56.3 Å². The number of rotatable bonds is 7. The number of ether oxygens (including phenoxy) is 2. The quantitative estimate of drug-likeness (QED) is 0.384. The maximum absolute atomic E-state index is 13.1. The Labute approximate surface area is 192 Å². The van der Waals surface area contributed by atoms with E-state index in [9.17, 15) is 14.4 Å². The first-order valence-corrected chi connectivity index (χ1v) is 11.0. The Hall–Kier alpha value is -3.85. The highest BCUT2D eigenvalue weighted by atomic mass is 32.1. The van der Waals surface area contributed by atoms with Crippen molar-refractivity contribution in [1.29, 1.82) is 0 Å². The molecule has 8 nitrogen and oxygen atoms in total. The summed E-state index contributed by atoms with van der Waals surface area (Å²) in [5.41, 5.74) is 1.000. The SMILES string of the molecule is CCOC(=O)c1c(NC(=O)COc2c(-c3ccco3)oc3ccccc3c2=O)sc(C)c1C. The molecule has 0 atom stereocenters. The number of hydrogen-bond donors (Lipinski definition) is 1. The number of hydrogen-bond acceptors (Lipinski definition) is 8. The summed E-state index contributed by atoms with van der Waals surface area (Å²) in [5, 5.41) is 3.38. The number of esters is 1. The summed E-state index contributed by atoms with van der Waals surface area (Å²) in [4.78, 5) is 39.0. The standard InChI is InChI=1S/C24H21NO7S/c1-4-29-24(28)19-13(2)14(3)33-23(19)25-18(26)12-31-22-20(27)15-8-5-6-9-16(15)32-21(22)17-10-7-11-30-17/h5-11H,4,12H2,1-3H3,(H,25,26). The molecule has 0 fully saturated rings. The Balaban J connectivity index is 1.61. The number of nitrogens with one attached hydrogen (secondary N) is 1. The van der Waals surface area contributed by atoms with Gasteiger partial charge in [-0.15, -0.1) is 11.3 Å². The minimum absolute atomic E-state index is 0.0894. The first kappa shape index (κ1) is 22.3. The molecule has 4 aromatic rings. The molecule has 1 aromatic carbocycles. The summed E-state index contributed by atoms with van der Waals surface area (Å²) in [5.74, 6) is -0.803. The van der Waals surface area contributed by atoms with Crippen LogP contribution in [0, 0.1) is 13.8 Å². The molecule has 0 unspecified atom stereocenters. The highest BCUT2D eigenvalue weighted by Gasteiger charge is 2.24. The maximum atomic E-state index is 13.1. The highest BCUT2D eigenvalue weighted by molar-refractivity contribution is 7.16. The zero-order chi connectivity index (χ0) is 23.5. The summed E-state index contributed by atoms with van der Waals surface area (Å²) in [6, 6.07) is 10.0. The topological polar surface area (TPSA) is 108 Å². The predicted molar refractivity (Wildman–Crippen MR) is 124 cm³/mol. The second-order valence-corrected chi connectivity index (χ2v) is 8.33. The number of carbonyl (C=O) groups excluding carboxylic acids is 2. The van der Waals surface area contributed by atoms with Gasteiger partial charge in [-0.2, -0.15) is 0 Å². The van der Waals surface area contributed by atoms with Gasteiger partial charge in [0.2, 0.25) is 16.9 Å².